The third-order valence-electron chi connectivity index (χ3n) is 4.06. The molecule has 0 aliphatic heterocycles. The highest BCUT2D eigenvalue weighted by Gasteiger charge is 2.22. The first-order valence-electron chi connectivity index (χ1n) is 9.44. The van der Waals surface area contributed by atoms with Gasteiger partial charge in [-0.2, -0.15) is 0 Å². The summed E-state index contributed by atoms with van der Waals surface area (Å²) in [5, 5.41) is 25.1. The van der Waals surface area contributed by atoms with E-state index in [9.17, 15) is 24.5 Å². The van der Waals surface area contributed by atoms with Crippen molar-refractivity contribution in [3.05, 3.63) is 39.4 Å². The lowest BCUT2D eigenvalue weighted by Crippen LogP contribution is -2.26. The number of unbranched alkanes of at least 4 members (excludes halogenated alkanes) is 1. The molecule has 0 saturated heterocycles. The fourth-order valence-electron chi connectivity index (χ4n) is 2.55. The molecule has 0 spiro atoms. The predicted octanol–water partition coefficient (Wildman–Crippen LogP) is 3.05. The number of ether oxygens (including phenoxy) is 1. The number of nitrogens with zero attached hydrogens (tertiary/aromatic N) is 1. The Balaban J connectivity index is 2.72. The van der Waals surface area contributed by atoms with Crippen molar-refractivity contribution in [2.75, 3.05) is 6.54 Å². The minimum atomic E-state index is -0.900. The summed E-state index contributed by atoms with van der Waals surface area (Å²) < 4.78 is 5.20. The monoisotopic (exact) mass is 409 g/mol. The van der Waals surface area contributed by atoms with Crippen molar-refractivity contribution in [1.82, 2.24) is 10.6 Å². The molecule has 2 amide bonds. The summed E-state index contributed by atoms with van der Waals surface area (Å²) in [7, 11) is 0. The molecule has 1 aromatic rings. The number of nitro groups is 1. The summed E-state index contributed by atoms with van der Waals surface area (Å²) in [6, 6.07) is 4.37. The van der Waals surface area contributed by atoms with E-state index in [4.69, 9.17) is 9.84 Å². The Morgan fingerprint density at radius 3 is 2.52 bits per heavy atom. The van der Waals surface area contributed by atoms with Crippen LogP contribution in [0.25, 0.3) is 0 Å². The van der Waals surface area contributed by atoms with E-state index in [0.29, 0.717) is 24.9 Å². The van der Waals surface area contributed by atoms with Crippen molar-refractivity contribution in [2.24, 2.45) is 0 Å². The molecule has 0 heterocycles. The highest BCUT2D eigenvalue weighted by atomic mass is 16.6. The SMILES string of the molecule is CCCNC(=O)OC(C)c1cc(CNC(=O)CCCCC(=O)O)ccc1[N+](=O)[O-]. The van der Waals surface area contributed by atoms with Crippen molar-refractivity contribution in [2.45, 2.75) is 58.6 Å². The lowest BCUT2D eigenvalue weighted by atomic mass is 10.0. The maximum Gasteiger partial charge on any atom is 0.407 e. The van der Waals surface area contributed by atoms with Gasteiger partial charge in [-0.1, -0.05) is 13.0 Å². The maximum atomic E-state index is 11.9. The van der Waals surface area contributed by atoms with E-state index in [2.05, 4.69) is 10.6 Å². The Morgan fingerprint density at radius 1 is 1.21 bits per heavy atom. The number of hydrogen-bond acceptors (Lipinski definition) is 6. The van der Waals surface area contributed by atoms with Gasteiger partial charge in [0, 0.05) is 32.0 Å². The summed E-state index contributed by atoms with van der Waals surface area (Å²) in [5.41, 5.74) is 0.674. The number of carboxylic acid groups (broad SMARTS) is 1. The zero-order valence-electron chi connectivity index (χ0n) is 16.6. The number of aliphatic carboxylic acids is 1. The second-order valence-corrected chi connectivity index (χ2v) is 6.50. The largest absolute Gasteiger partial charge is 0.481 e. The average Bonchev–Trinajstić information content (AvgIpc) is 2.67. The number of alkyl carbamates (subject to hydrolysis) is 1. The van der Waals surface area contributed by atoms with Crippen molar-refractivity contribution in [3.8, 4) is 0 Å². The first-order valence-corrected chi connectivity index (χ1v) is 9.44. The molecular weight excluding hydrogens is 382 g/mol. The molecule has 0 saturated carbocycles. The Hall–Kier alpha value is -3.17. The topological polar surface area (TPSA) is 148 Å². The molecule has 1 unspecified atom stereocenters. The maximum absolute atomic E-state index is 11.9. The summed E-state index contributed by atoms with van der Waals surface area (Å²) in [4.78, 5) is 44.8. The molecule has 1 aromatic carbocycles. The molecule has 1 rings (SSSR count). The third kappa shape index (κ3) is 9.04. The number of hydrogen-bond donors (Lipinski definition) is 3. The molecule has 10 heteroatoms. The lowest BCUT2D eigenvalue weighted by Gasteiger charge is -2.15. The smallest absolute Gasteiger partial charge is 0.407 e. The number of benzene rings is 1. The molecule has 0 aliphatic carbocycles. The number of carboxylic acids is 1. The summed E-state index contributed by atoms with van der Waals surface area (Å²) in [6.45, 7) is 4.01. The number of carbonyl (C=O) groups excluding carboxylic acids is 2. The van der Waals surface area contributed by atoms with E-state index in [1.807, 2.05) is 6.92 Å². The molecule has 10 nitrogen and oxygen atoms in total. The van der Waals surface area contributed by atoms with Crippen LogP contribution in [-0.2, 0) is 20.9 Å². The van der Waals surface area contributed by atoms with Gasteiger partial charge in [-0.25, -0.2) is 4.79 Å². The number of rotatable bonds is 12. The molecule has 0 fully saturated rings. The van der Waals surface area contributed by atoms with Gasteiger partial charge in [0.05, 0.1) is 10.5 Å². The Kier molecular flexibility index (Phi) is 10.1. The van der Waals surface area contributed by atoms with E-state index >= 15 is 0 Å². The van der Waals surface area contributed by atoms with Crippen molar-refractivity contribution >= 4 is 23.7 Å². The number of nitrogens with one attached hydrogen (secondary N) is 2. The van der Waals surface area contributed by atoms with Crippen LogP contribution < -0.4 is 10.6 Å². The van der Waals surface area contributed by atoms with Gasteiger partial charge in [0.25, 0.3) is 5.69 Å². The normalized spacial score (nSPS) is 11.4. The van der Waals surface area contributed by atoms with E-state index < -0.39 is 23.1 Å². The van der Waals surface area contributed by atoms with E-state index in [0.717, 1.165) is 6.42 Å². The van der Waals surface area contributed by atoms with Gasteiger partial charge in [0.15, 0.2) is 0 Å². The molecule has 0 aromatic heterocycles. The van der Waals surface area contributed by atoms with Gasteiger partial charge in [-0.05, 0) is 37.8 Å². The van der Waals surface area contributed by atoms with Gasteiger partial charge in [0.2, 0.25) is 5.91 Å². The standard InChI is InChI=1S/C19H27N3O7/c1-3-10-20-19(26)29-13(2)15-11-14(8-9-16(15)22(27)28)12-21-17(23)6-4-5-7-18(24)25/h8-9,11,13H,3-7,10,12H2,1-2H3,(H,20,26)(H,21,23)(H,24,25). The minimum absolute atomic E-state index is 0.0166. The Morgan fingerprint density at radius 2 is 1.90 bits per heavy atom. The second kappa shape index (κ2) is 12.3. The van der Waals surface area contributed by atoms with Crippen LogP contribution >= 0.6 is 0 Å². The molecule has 29 heavy (non-hydrogen) atoms. The predicted molar refractivity (Wildman–Crippen MR) is 104 cm³/mol. The fourth-order valence-corrected chi connectivity index (χ4v) is 2.55. The van der Waals surface area contributed by atoms with E-state index in [1.54, 1.807) is 6.92 Å². The number of carbonyl (C=O) groups is 3. The van der Waals surface area contributed by atoms with Gasteiger partial charge < -0.3 is 20.5 Å². The van der Waals surface area contributed by atoms with Crippen LogP contribution in [0.3, 0.4) is 0 Å². The average molecular weight is 409 g/mol. The van der Waals surface area contributed by atoms with E-state index in [1.165, 1.54) is 18.2 Å². The van der Waals surface area contributed by atoms with Crippen LogP contribution in [0, 0.1) is 10.1 Å². The minimum Gasteiger partial charge on any atom is -0.481 e. The molecule has 0 aliphatic rings. The van der Waals surface area contributed by atoms with E-state index in [-0.39, 0.29) is 36.5 Å². The van der Waals surface area contributed by atoms with Gasteiger partial charge >= 0.3 is 12.1 Å². The molecule has 0 radical (unpaired) electrons. The first-order chi connectivity index (χ1) is 13.7. The molecule has 3 N–H and O–H groups in total. The second-order valence-electron chi connectivity index (χ2n) is 6.50. The lowest BCUT2D eigenvalue weighted by molar-refractivity contribution is -0.386. The molecule has 0 bridgehead atoms. The van der Waals surface area contributed by atoms with Gasteiger partial charge in [-0.3, -0.25) is 19.7 Å². The van der Waals surface area contributed by atoms with Gasteiger partial charge in [0.1, 0.15) is 6.10 Å². The van der Waals surface area contributed by atoms with Crippen molar-refractivity contribution < 1.29 is 29.2 Å². The van der Waals surface area contributed by atoms with Crippen molar-refractivity contribution in [1.29, 1.82) is 0 Å². The Bertz CT molecular complexity index is 737. The summed E-state index contributed by atoms with van der Waals surface area (Å²) >= 11 is 0. The molecule has 1 atom stereocenters. The quantitative estimate of drug-likeness (QED) is 0.273. The fraction of sp³-hybridized carbons (Fsp3) is 0.526. The molecular formula is C19H27N3O7. The third-order valence-corrected chi connectivity index (χ3v) is 4.06. The summed E-state index contributed by atoms with van der Waals surface area (Å²) in [5.74, 6) is -1.14. The van der Waals surface area contributed by atoms with Crippen LogP contribution in [0.15, 0.2) is 18.2 Å². The summed E-state index contributed by atoms with van der Waals surface area (Å²) in [6.07, 6.45) is 0.315. The zero-order valence-corrected chi connectivity index (χ0v) is 16.6. The van der Waals surface area contributed by atoms with Crippen LogP contribution in [0.5, 0.6) is 0 Å². The highest BCUT2D eigenvalue weighted by molar-refractivity contribution is 5.76. The van der Waals surface area contributed by atoms with Crippen LogP contribution in [0.1, 0.15) is 63.2 Å². The van der Waals surface area contributed by atoms with Crippen LogP contribution in [0.4, 0.5) is 10.5 Å². The zero-order chi connectivity index (χ0) is 21.8. The van der Waals surface area contributed by atoms with Crippen molar-refractivity contribution in [3.63, 3.8) is 0 Å². The van der Waals surface area contributed by atoms with Gasteiger partial charge in [-0.15, -0.1) is 0 Å². The van der Waals surface area contributed by atoms with Crippen LogP contribution in [0.2, 0.25) is 0 Å². The highest BCUT2D eigenvalue weighted by Crippen LogP contribution is 2.28. The first kappa shape index (κ1) is 23.9. The number of nitro benzene ring substituents is 1. The Labute approximate surface area is 168 Å². The van der Waals surface area contributed by atoms with Crippen LogP contribution in [-0.4, -0.2) is 34.5 Å². The number of amides is 2. The molecule has 160 valence electrons.